The van der Waals surface area contributed by atoms with E-state index in [2.05, 4.69) is 24.1 Å². The molecule has 4 heteroatoms. The van der Waals surface area contributed by atoms with Crippen LogP contribution in [0, 0.1) is 0 Å². The lowest BCUT2D eigenvalue weighted by Gasteiger charge is -2.31. The van der Waals surface area contributed by atoms with E-state index in [1.54, 1.807) is 12.1 Å². The molecule has 1 aliphatic rings. The van der Waals surface area contributed by atoms with E-state index in [9.17, 15) is 4.79 Å². The topological polar surface area (TPSA) is 58.4 Å². The number of amides is 1. The standard InChI is InChI=1S/C16H25N3O/c1-16(2)10-4-12-19(16)11-3-5-15(20)18-14-8-6-13(17)7-9-14/h6-9H,3-5,10-12,17H2,1-2H3,(H,18,20). The van der Waals surface area contributed by atoms with Gasteiger partial charge in [0.15, 0.2) is 0 Å². The first kappa shape index (κ1) is 14.9. The quantitative estimate of drug-likeness (QED) is 0.812. The van der Waals surface area contributed by atoms with Gasteiger partial charge in [-0.1, -0.05) is 0 Å². The maximum Gasteiger partial charge on any atom is 0.224 e. The largest absolute Gasteiger partial charge is 0.399 e. The molecule has 20 heavy (non-hydrogen) atoms. The minimum Gasteiger partial charge on any atom is -0.399 e. The van der Waals surface area contributed by atoms with Crippen molar-refractivity contribution in [1.82, 2.24) is 4.90 Å². The number of hydrogen-bond donors (Lipinski definition) is 2. The van der Waals surface area contributed by atoms with Gasteiger partial charge in [0.25, 0.3) is 0 Å². The van der Waals surface area contributed by atoms with Gasteiger partial charge in [0, 0.05) is 23.3 Å². The van der Waals surface area contributed by atoms with Crippen LogP contribution in [0.1, 0.15) is 39.5 Å². The van der Waals surface area contributed by atoms with E-state index in [1.165, 1.54) is 12.8 Å². The van der Waals surface area contributed by atoms with Crippen molar-refractivity contribution < 1.29 is 4.79 Å². The van der Waals surface area contributed by atoms with Crippen LogP contribution in [-0.2, 0) is 4.79 Å². The van der Waals surface area contributed by atoms with Crippen LogP contribution in [0.2, 0.25) is 0 Å². The van der Waals surface area contributed by atoms with Crippen molar-refractivity contribution in [2.24, 2.45) is 0 Å². The summed E-state index contributed by atoms with van der Waals surface area (Å²) in [5.74, 6) is 0.0757. The third-order valence-corrected chi connectivity index (χ3v) is 4.10. The van der Waals surface area contributed by atoms with Crippen molar-refractivity contribution in [2.45, 2.75) is 45.1 Å². The van der Waals surface area contributed by atoms with E-state index in [-0.39, 0.29) is 5.91 Å². The van der Waals surface area contributed by atoms with Crippen LogP contribution in [0.15, 0.2) is 24.3 Å². The van der Waals surface area contributed by atoms with Crippen molar-refractivity contribution in [3.8, 4) is 0 Å². The highest BCUT2D eigenvalue weighted by Crippen LogP contribution is 2.28. The highest BCUT2D eigenvalue weighted by Gasteiger charge is 2.30. The number of benzene rings is 1. The van der Waals surface area contributed by atoms with Gasteiger partial charge in [-0.2, -0.15) is 0 Å². The van der Waals surface area contributed by atoms with Crippen LogP contribution in [0.5, 0.6) is 0 Å². The minimum atomic E-state index is 0.0757. The van der Waals surface area contributed by atoms with E-state index in [0.717, 1.165) is 25.2 Å². The smallest absolute Gasteiger partial charge is 0.224 e. The summed E-state index contributed by atoms with van der Waals surface area (Å²) in [6.07, 6.45) is 4.00. The molecular weight excluding hydrogens is 250 g/mol. The first-order valence-electron chi connectivity index (χ1n) is 7.38. The van der Waals surface area contributed by atoms with Crippen LogP contribution < -0.4 is 11.1 Å². The number of anilines is 2. The lowest BCUT2D eigenvalue weighted by molar-refractivity contribution is -0.116. The van der Waals surface area contributed by atoms with Crippen molar-refractivity contribution in [1.29, 1.82) is 0 Å². The minimum absolute atomic E-state index is 0.0757. The van der Waals surface area contributed by atoms with Crippen LogP contribution in [0.3, 0.4) is 0 Å². The summed E-state index contributed by atoms with van der Waals surface area (Å²) < 4.78 is 0. The third-order valence-electron chi connectivity index (χ3n) is 4.10. The second-order valence-corrected chi connectivity index (χ2v) is 6.18. The Hall–Kier alpha value is -1.55. The molecule has 110 valence electrons. The number of nitrogen functional groups attached to an aromatic ring is 1. The summed E-state index contributed by atoms with van der Waals surface area (Å²) in [7, 11) is 0. The summed E-state index contributed by atoms with van der Waals surface area (Å²) in [6, 6.07) is 7.25. The molecule has 3 N–H and O–H groups in total. The fourth-order valence-electron chi connectivity index (χ4n) is 2.80. The first-order chi connectivity index (χ1) is 9.47. The van der Waals surface area contributed by atoms with E-state index in [0.29, 0.717) is 17.6 Å². The number of carbonyl (C=O) groups is 1. The molecule has 2 rings (SSSR count). The molecule has 0 unspecified atom stereocenters. The van der Waals surface area contributed by atoms with Crippen molar-refractivity contribution in [3.63, 3.8) is 0 Å². The Morgan fingerprint density at radius 2 is 2.05 bits per heavy atom. The van der Waals surface area contributed by atoms with Crippen LogP contribution in [0.4, 0.5) is 11.4 Å². The normalized spacial score (nSPS) is 18.1. The van der Waals surface area contributed by atoms with Gasteiger partial charge in [-0.05, 0) is 70.5 Å². The zero-order chi connectivity index (χ0) is 14.6. The molecule has 0 atom stereocenters. The monoisotopic (exact) mass is 275 g/mol. The number of likely N-dealkylation sites (tertiary alicyclic amines) is 1. The molecule has 0 saturated carbocycles. The lowest BCUT2D eigenvalue weighted by Crippen LogP contribution is -2.38. The summed E-state index contributed by atoms with van der Waals surface area (Å²) >= 11 is 0. The van der Waals surface area contributed by atoms with E-state index >= 15 is 0 Å². The van der Waals surface area contributed by atoms with Crippen molar-refractivity contribution >= 4 is 17.3 Å². The molecule has 0 radical (unpaired) electrons. The number of hydrogen-bond acceptors (Lipinski definition) is 3. The highest BCUT2D eigenvalue weighted by atomic mass is 16.1. The van der Waals surface area contributed by atoms with E-state index in [1.807, 2.05) is 12.1 Å². The van der Waals surface area contributed by atoms with Crippen molar-refractivity contribution in [2.75, 3.05) is 24.1 Å². The maximum absolute atomic E-state index is 11.9. The van der Waals surface area contributed by atoms with Gasteiger partial charge < -0.3 is 11.1 Å². The van der Waals surface area contributed by atoms with Gasteiger partial charge in [-0.15, -0.1) is 0 Å². The molecule has 1 amide bonds. The zero-order valence-electron chi connectivity index (χ0n) is 12.5. The first-order valence-corrected chi connectivity index (χ1v) is 7.38. The van der Waals surface area contributed by atoms with Gasteiger partial charge >= 0.3 is 0 Å². The van der Waals surface area contributed by atoms with E-state index in [4.69, 9.17) is 5.73 Å². The summed E-state index contributed by atoms with van der Waals surface area (Å²) in [5.41, 5.74) is 7.43. The van der Waals surface area contributed by atoms with Gasteiger partial charge in [-0.25, -0.2) is 0 Å². The molecule has 1 fully saturated rings. The Labute approximate surface area is 121 Å². The fraction of sp³-hybridized carbons (Fsp3) is 0.562. The fourth-order valence-corrected chi connectivity index (χ4v) is 2.80. The number of nitrogens with zero attached hydrogens (tertiary/aromatic N) is 1. The lowest BCUT2D eigenvalue weighted by atomic mass is 10.0. The number of carbonyl (C=O) groups excluding carboxylic acids is 1. The molecule has 1 aromatic carbocycles. The predicted molar refractivity (Wildman–Crippen MR) is 83.6 cm³/mol. The average molecular weight is 275 g/mol. The summed E-state index contributed by atoms with van der Waals surface area (Å²) in [5, 5.41) is 2.90. The number of nitrogens with one attached hydrogen (secondary N) is 1. The molecule has 0 bridgehead atoms. The molecular formula is C16H25N3O. The van der Waals surface area contributed by atoms with E-state index < -0.39 is 0 Å². The Kier molecular flexibility index (Phi) is 4.65. The second-order valence-electron chi connectivity index (χ2n) is 6.18. The molecule has 4 nitrogen and oxygen atoms in total. The Balaban J connectivity index is 1.71. The SMILES string of the molecule is CC1(C)CCCN1CCCC(=O)Nc1ccc(N)cc1. The highest BCUT2D eigenvalue weighted by molar-refractivity contribution is 5.90. The molecule has 1 saturated heterocycles. The average Bonchev–Trinajstić information content (AvgIpc) is 2.72. The van der Waals surface area contributed by atoms with Crippen LogP contribution in [0.25, 0.3) is 0 Å². The summed E-state index contributed by atoms with van der Waals surface area (Å²) in [6.45, 7) is 6.73. The molecule has 1 heterocycles. The van der Waals surface area contributed by atoms with Gasteiger partial charge in [-0.3, -0.25) is 9.69 Å². The Morgan fingerprint density at radius 3 is 2.65 bits per heavy atom. The third kappa shape index (κ3) is 3.97. The Morgan fingerprint density at radius 1 is 1.35 bits per heavy atom. The molecule has 0 spiro atoms. The maximum atomic E-state index is 11.9. The van der Waals surface area contributed by atoms with Gasteiger partial charge in [0.1, 0.15) is 0 Å². The second kappa shape index (κ2) is 6.27. The van der Waals surface area contributed by atoms with Crippen LogP contribution >= 0.6 is 0 Å². The van der Waals surface area contributed by atoms with Gasteiger partial charge in [0.2, 0.25) is 5.91 Å². The Bertz CT molecular complexity index is 453. The van der Waals surface area contributed by atoms with Crippen LogP contribution in [-0.4, -0.2) is 29.4 Å². The molecule has 0 aliphatic carbocycles. The summed E-state index contributed by atoms with van der Waals surface area (Å²) in [4.78, 5) is 14.4. The number of nitrogens with two attached hydrogens (primary N) is 1. The number of rotatable bonds is 5. The molecule has 1 aliphatic heterocycles. The predicted octanol–water partition coefficient (Wildman–Crippen LogP) is 2.86. The zero-order valence-corrected chi connectivity index (χ0v) is 12.5. The molecule has 1 aromatic rings. The van der Waals surface area contributed by atoms with Crippen molar-refractivity contribution in [3.05, 3.63) is 24.3 Å². The van der Waals surface area contributed by atoms with Gasteiger partial charge in [0.05, 0.1) is 0 Å². The molecule has 0 aromatic heterocycles.